The van der Waals surface area contributed by atoms with Gasteiger partial charge in [0.15, 0.2) is 0 Å². The fraction of sp³-hybridized carbons (Fsp3) is 0.0476. The molecule has 1 amide bonds. The van der Waals surface area contributed by atoms with Crippen molar-refractivity contribution in [2.75, 3.05) is 5.32 Å². The Labute approximate surface area is 174 Å². The molecule has 4 rings (SSSR count). The number of anilines is 1. The monoisotopic (exact) mass is 424 g/mol. The Kier molecular flexibility index (Phi) is 5.40. The molecular formula is C21H14ClFN4O3. The van der Waals surface area contributed by atoms with Crippen molar-refractivity contribution in [2.24, 2.45) is 0 Å². The molecule has 1 N–H and O–H groups in total. The van der Waals surface area contributed by atoms with Crippen molar-refractivity contribution >= 4 is 23.2 Å². The molecule has 4 aromatic rings. The lowest BCUT2D eigenvalue weighted by atomic mass is 10.2. The van der Waals surface area contributed by atoms with Crippen molar-refractivity contribution < 1.29 is 13.7 Å². The Morgan fingerprint density at radius 1 is 1.03 bits per heavy atom. The van der Waals surface area contributed by atoms with E-state index in [9.17, 15) is 14.0 Å². The molecule has 0 saturated carbocycles. The van der Waals surface area contributed by atoms with Crippen LogP contribution in [-0.4, -0.2) is 20.6 Å². The number of nitrogens with one attached hydrogen (secondary N) is 1. The Balaban J connectivity index is 1.53. The van der Waals surface area contributed by atoms with Crippen LogP contribution in [0.1, 0.15) is 0 Å². The normalized spacial score (nSPS) is 10.7. The van der Waals surface area contributed by atoms with Gasteiger partial charge in [-0.15, -0.1) is 0 Å². The van der Waals surface area contributed by atoms with E-state index in [0.717, 1.165) is 5.56 Å². The third-order valence-corrected chi connectivity index (χ3v) is 4.45. The van der Waals surface area contributed by atoms with Gasteiger partial charge in [-0.25, -0.2) is 4.39 Å². The van der Waals surface area contributed by atoms with Crippen LogP contribution in [0.3, 0.4) is 0 Å². The van der Waals surface area contributed by atoms with Crippen LogP contribution in [-0.2, 0) is 11.3 Å². The Bertz CT molecular complexity index is 1250. The van der Waals surface area contributed by atoms with Gasteiger partial charge >= 0.3 is 0 Å². The SMILES string of the molecule is O=C(Cn1cc(-c2nc(-c3ccc(Cl)cc3)no2)ccc1=O)Nc1ccc(F)cc1. The van der Waals surface area contributed by atoms with Crippen LogP contribution in [0.2, 0.25) is 5.02 Å². The third-order valence-electron chi connectivity index (χ3n) is 4.20. The molecule has 0 aliphatic carbocycles. The number of hydrogen-bond acceptors (Lipinski definition) is 5. The molecule has 7 nitrogen and oxygen atoms in total. The predicted octanol–water partition coefficient (Wildman–Crippen LogP) is 4.00. The number of benzene rings is 2. The number of halogens is 2. The first-order valence-electron chi connectivity index (χ1n) is 8.84. The number of carbonyl (C=O) groups excluding carboxylic acids is 1. The zero-order valence-corrected chi connectivity index (χ0v) is 16.1. The molecule has 0 aliphatic rings. The van der Waals surface area contributed by atoms with Crippen LogP contribution in [0, 0.1) is 5.82 Å². The van der Waals surface area contributed by atoms with Crippen molar-refractivity contribution in [1.82, 2.24) is 14.7 Å². The van der Waals surface area contributed by atoms with Gasteiger partial charge in [-0.2, -0.15) is 4.98 Å². The summed E-state index contributed by atoms with van der Waals surface area (Å²) in [6.07, 6.45) is 1.46. The van der Waals surface area contributed by atoms with Gasteiger partial charge in [-0.1, -0.05) is 16.8 Å². The van der Waals surface area contributed by atoms with Gasteiger partial charge in [0.05, 0.1) is 5.56 Å². The first-order chi connectivity index (χ1) is 14.5. The predicted molar refractivity (Wildman–Crippen MR) is 109 cm³/mol. The van der Waals surface area contributed by atoms with Gasteiger partial charge in [0.2, 0.25) is 11.7 Å². The summed E-state index contributed by atoms with van der Waals surface area (Å²) in [6, 6.07) is 15.1. The van der Waals surface area contributed by atoms with Gasteiger partial charge in [-0.05, 0) is 54.6 Å². The van der Waals surface area contributed by atoms with Gasteiger partial charge in [-0.3, -0.25) is 9.59 Å². The van der Waals surface area contributed by atoms with Crippen LogP contribution >= 0.6 is 11.6 Å². The first kappa shape index (κ1) is 19.5. The summed E-state index contributed by atoms with van der Waals surface area (Å²) in [4.78, 5) is 28.7. The Hall–Kier alpha value is -3.78. The average molecular weight is 425 g/mol. The highest BCUT2D eigenvalue weighted by Gasteiger charge is 2.13. The molecule has 0 radical (unpaired) electrons. The number of nitrogens with zero attached hydrogens (tertiary/aromatic N) is 3. The molecule has 2 heterocycles. The van der Waals surface area contributed by atoms with E-state index in [-0.39, 0.29) is 18.0 Å². The van der Waals surface area contributed by atoms with E-state index >= 15 is 0 Å². The maximum Gasteiger partial charge on any atom is 0.259 e. The van der Waals surface area contributed by atoms with E-state index in [1.165, 1.54) is 47.2 Å². The van der Waals surface area contributed by atoms with Crippen LogP contribution in [0.4, 0.5) is 10.1 Å². The van der Waals surface area contributed by atoms with Crippen molar-refractivity contribution in [3.8, 4) is 22.8 Å². The van der Waals surface area contributed by atoms with Crippen LogP contribution in [0.5, 0.6) is 0 Å². The van der Waals surface area contributed by atoms with E-state index in [1.54, 1.807) is 24.3 Å². The quantitative estimate of drug-likeness (QED) is 0.523. The summed E-state index contributed by atoms with van der Waals surface area (Å²) in [5, 5.41) is 7.14. The molecule has 2 aromatic carbocycles. The summed E-state index contributed by atoms with van der Waals surface area (Å²) < 4.78 is 19.5. The second-order valence-electron chi connectivity index (χ2n) is 6.37. The number of aromatic nitrogens is 3. The van der Waals surface area contributed by atoms with Crippen LogP contribution in [0.25, 0.3) is 22.8 Å². The number of pyridine rings is 1. The Morgan fingerprint density at radius 3 is 2.47 bits per heavy atom. The molecule has 30 heavy (non-hydrogen) atoms. The Morgan fingerprint density at radius 2 is 1.73 bits per heavy atom. The molecule has 2 aromatic heterocycles. The lowest BCUT2D eigenvalue weighted by Gasteiger charge is -2.08. The molecule has 0 bridgehead atoms. The van der Waals surface area contributed by atoms with E-state index in [0.29, 0.717) is 22.1 Å². The highest BCUT2D eigenvalue weighted by Crippen LogP contribution is 2.22. The van der Waals surface area contributed by atoms with Crippen molar-refractivity contribution in [3.05, 3.63) is 88.1 Å². The van der Waals surface area contributed by atoms with E-state index in [1.807, 2.05) is 0 Å². The fourth-order valence-corrected chi connectivity index (χ4v) is 2.85. The summed E-state index contributed by atoms with van der Waals surface area (Å²) in [6.45, 7) is -0.234. The molecule has 9 heteroatoms. The maximum atomic E-state index is 13.0. The highest BCUT2D eigenvalue weighted by atomic mass is 35.5. The summed E-state index contributed by atoms with van der Waals surface area (Å²) in [7, 11) is 0. The number of rotatable bonds is 5. The lowest BCUT2D eigenvalue weighted by Crippen LogP contribution is -2.26. The number of hydrogen-bond donors (Lipinski definition) is 1. The minimum Gasteiger partial charge on any atom is -0.334 e. The molecule has 0 atom stereocenters. The molecule has 0 unspecified atom stereocenters. The third kappa shape index (κ3) is 4.44. The van der Waals surface area contributed by atoms with Gasteiger partial charge in [0.1, 0.15) is 12.4 Å². The molecule has 150 valence electrons. The average Bonchev–Trinajstić information content (AvgIpc) is 3.22. The number of carbonyl (C=O) groups is 1. The van der Waals surface area contributed by atoms with E-state index in [4.69, 9.17) is 16.1 Å². The van der Waals surface area contributed by atoms with E-state index < -0.39 is 11.7 Å². The minimum atomic E-state index is -0.437. The van der Waals surface area contributed by atoms with Gasteiger partial charge < -0.3 is 14.4 Å². The highest BCUT2D eigenvalue weighted by molar-refractivity contribution is 6.30. The smallest absolute Gasteiger partial charge is 0.259 e. The first-order valence-corrected chi connectivity index (χ1v) is 9.22. The summed E-state index contributed by atoms with van der Waals surface area (Å²) >= 11 is 5.89. The molecule has 0 fully saturated rings. The molecule has 0 spiro atoms. The van der Waals surface area contributed by atoms with Crippen molar-refractivity contribution in [3.63, 3.8) is 0 Å². The maximum absolute atomic E-state index is 13.0. The van der Waals surface area contributed by atoms with Gasteiger partial charge in [0.25, 0.3) is 11.4 Å². The molecule has 0 saturated heterocycles. The van der Waals surface area contributed by atoms with E-state index in [2.05, 4.69) is 15.5 Å². The van der Waals surface area contributed by atoms with Crippen molar-refractivity contribution in [2.45, 2.75) is 6.54 Å². The summed E-state index contributed by atoms with van der Waals surface area (Å²) in [5.41, 5.74) is 1.26. The second-order valence-corrected chi connectivity index (χ2v) is 6.81. The second kappa shape index (κ2) is 8.30. The summed E-state index contributed by atoms with van der Waals surface area (Å²) in [5.74, 6) is -0.274. The van der Waals surface area contributed by atoms with Crippen LogP contribution in [0.15, 0.2) is 76.2 Å². The standard InChI is InChI=1S/C21H14ClFN4O3/c22-15-4-1-13(2-5-15)20-25-21(30-26-20)14-3-10-19(29)27(11-14)12-18(28)24-17-8-6-16(23)7-9-17/h1-11H,12H2,(H,24,28). The molecular weight excluding hydrogens is 411 g/mol. The zero-order valence-electron chi connectivity index (χ0n) is 15.4. The lowest BCUT2D eigenvalue weighted by molar-refractivity contribution is -0.116. The van der Waals surface area contributed by atoms with Gasteiger partial charge in [0, 0.05) is 28.5 Å². The van der Waals surface area contributed by atoms with Crippen LogP contribution < -0.4 is 10.9 Å². The minimum absolute atomic E-state index is 0.202. The van der Waals surface area contributed by atoms with Crippen molar-refractivity contribution in [1.29, 1.82) is 0 Å². The number of amides is 1. The fourth-order valence-electron chi connectivity index (χ4n) is 2.73. The largest absolute Gasteiger partial charge is 0.334 e. The molecule has 0 aliphatic heterocycles. The topological polar surface area (TPSA) is 90.0 Å². The zero-order chi connectivity index (χ0) is 21.1.